The zero-order valence-electron chi connectivity index (χ0n) is 11.4. The lowest BCUT2D eigenvalue weighted by Crippen LogP contribution is -2.43. The van der Waals surface area contributed by atoms with E-state index < -0.39 is 0 Å². The maximum Gasteiger partial charge on any atom is 0.0695 e. The van der Waals surface area contributed by atoms with E-state index >= 15 is 0 Å². The van der Waals surface area contributed by atoms with Gasteiger partial charge in [-0.3, -0.25) is 0 Å². The minimum absolute atomic E-state index is 0.111. The Hall–Kier alpha value is -0.860. The Balaban J connectivity index is 1.72. The molecule has 1 aromatic rings. The Morgan fingerprint density at radius 1 is 1.17 bits per heavy atom. The molecule has 0 saturated heterocycles. The molecule has 0 amide bonds. The number of hydrogen-bond acceptors (Lipinski definition) is 2. The van der Waals surface area contributed by atoms with Gasteiger partial charge in [-0.25, -0.2) is 0 Å². The quantitative estimate of drug-likeness (QED) is 0.865. The van der Waals surface area contributed by atoms with Gasteiger partial charge in [-0.05, 0) is 44.8 Å². The molecule has 1 fully saturated rings. The highest BCUT2D eigenvalue weighted by molar-refractivity contribution is 5.14. The van der Waals surface area contributed by atoms with E-state index in [1.807, 2.05) is 0 Å². The van der Waals surface area contributed by atoms with Crippen molar-refractivity contribution in [3.63, 3.8) is 0 Å². The van der Waals surface area contributed by atoms with Crippen LogP contribution in [0.3, 0.4) is 0 Å². The van der Waals surface area contributed by atoms with Gasteiger partial charge in [-0.2, -0.15) is 0 Å². The summed E-state index contributed by atoms with van der Waals surface area (Å²) in [5, 5.41) is 10.0. The number of rotatable bonds is 5. The second-order valence-electron chi connectivity index (χ2n) is 5.49. The smallest absolute Gasteiger partial charge is 0.0695 e. The topological polar surface area (TPSA) is 23.5 Å². The van der Waals surface area contributed by atoms with Crippen LogP contribution in [0.25, 0.3) is 0 Å². The molecule has 2 heteroatoms. The fourth-order valence-electron chi connectivity index (χ4n) is 2.95. The molecule has 1 aliphatic rings. The van der Waals surface area contributed by atoms with Gasteiger partial charge >= 0.3 is 0 Å². The second-order valence-corrected chi connectivity index (χ2v) is 5.49. The lowest BCUT2D eigenvalue weighted by Gasteiger charge is -2.35. The lowest BCUT2D eigenvalue weighted by atomic mass is 9.91. The summed E-state index contributed by atoms with van der Waals surface area (Å²) in [4.78, 5) is 2.35. The van der Waals surface area contributed by atoms with Gasteiger partial charge in [0.05, 0.1) is 6.10 Å². The molecule has 1 aliphatic carbocycles. The molecule has 2 rings (SSSR count). The fraction of sp³-hybridized carbons (Fsp3) is 0.625. The zero-order valence-corrected chi connectivity index (χ0v) is 11.4. The van der Waals surface area contributed by atoms with Crippen molar-refractivity contribution >= 4 is 0 Å². The first-order valence-corrected chi connectivity index (χ1v) is 7.19. The van der Waals surface area contributed by atoms with E-state index in [2.05, 4.69) is 42.3 Å². The van der Waals surface area contributed by atoms with Crippen LogP contribution in [-0.2, 0) is 6.42 Å². The molecule has 100 valence electrons. The first-order chi connectivity index (χ1) is 8.77. The number of nitrogens with zero attached hydrogens (tertiary/aromatic N) is 1. The summed E-state index contributed by atoms with van der Waals surface area (Å²) >= 11 is 0. The van der Waals surface area contributed by atoms with E-state index in [1.165, 1.54) is 24.8 Å². The number of benzene rings is 1. The minimum Gasteiger partial charge on any atom is -0.391 e. The monoisotopic (exact) mass is 247 g/mol. The first-order valence-electron chi connectivity index (χ1n) is 7.19. The van der Waals surface area contributed by atoms with Crippen LogP contribution in [0.1, 0.15) is 37.7 Å². The maximum absolute atomic E-state index is 10.0. The average molecular weight is 247 g/mol. The highest BCUT2D eigenvalue weighted by Crippen LogP contribution is 2.22. The molecule has 0 aliphatic heterocycles. The highest BCUT2D eigenvalue weighted by Gasteiger charge is 2.25. The summed E-state index contributed by atoms with van der Waals surface area (Å²) < 4.78 is 0. The summed E-state index contributed by atoms with van der Waals surface area (Å²) in [5.74, 6) is 0. The SMILES string of the molecule is CN(CCCc1ccccc1)[C@@H]1CCCC[C@H]1O. The normalized spacial score (nSPS) is 24.4. The maximum atomic E-state index is 10.0. The summed E-state index contributed by atoms with van der Waals surface area (Å²) in [6.45, 7) is 1.08. The minimum atomic E-state index is -0.111. The molecule has 2 nitrogen and oxygen atoms in total. The number of aliphatic hydroxyl groups is 1. The van der Waals surface area contributed by atoms with Gasteiger partial charge in [-0.15, -0.1) is 0 Å². The largest absolute Gasteiger partial charge is 0.391 e. The van der Waals surface area contributed by atoms with Crippen molar-refractivity contribution in [2.24, 2.45) is 0 Å². The van der Waals surface area contributed by atoms with Crippen LogP contribution in [0.4, 0.5) is 0 Å². The molecule has 18 heavy (non-hydrogen) atoms. The Labute approximate surface area is 111 Å². The van der Waals surface area contributed by atoms with Crippen LogP contribution in [-0.4, -0.2) is 35.7 Å². The number of hydrogen-bond donors (Lipinski definition) is 1. The van der Waals surface area contributed by atoms with E-state index in [4.69, 9.17) is 0 Å². The lowest BCUT2D eigenvalue weighted by molar-refractivity contribution is 0.0319. The second kappa shape index (κ2) is 6.91. The van der Waals surface area contributed by atoms with Crippen molar-refractivity contribution in [3.05, 3.63) is 35.9 Å². The van der Waals surface area contributed by atoms with Crippen molar-refractivity contribution < 1.29 is 5.11 Å². The molecule has 0 heterocycles. The van der Waals surface area contributed by atoms with Gasteiger partial charge in [0.25, 0.3) is 0 Å². The Bertz CT molecular complexity index is 338. The molecule has 1 saturated carbocycles. The first kappa shape index (κ1) is 13.6. The number of aliphatic hydroxyl groups excluding tert-OH is 1. The number of aryl methyl sites for hydroxylation is 1. The van der Waals surface area contributed by atoms with Crippen LogP contribution in [0.2, 0.25) is 0 Å². The Morgan fingerprint density at radius 2 is 1.89 bits per heavy atom. The van der Waals surface area contributed by atoms with Crippen molar-refractivity contribution in [1.82, 2.24) is 4.90 Å². The van der Waals surface area contributed by atoms with Crippen LogP contribution < -0.4 is 0 Å². The predicted octanol–water partition coefficient (Wildman–Crippen LogP) is 2.85. The highest BCUT2D eigenvalue weighted by atomic mass is 16.3. The van der Waals surface area contributed by atoms with Gasteiger partial charge in [-0.1, -0.05) is 43.2 Å². The molecular formula is C16H25NO. The van der Waals surface area contributed by atoms with E-state index in [-0.39, 0.29) is 6.10 Å². The van der Waals surface area contributed by atoms with Gasteiger partial charge in [0.2, 0.25) is 0 Å². The summed E-state index contributed by atoms with van der Waals surface area (Å²) in [6, 6.07) is 11.0. The molecule has 2 atom stereocenters. The van der Waals surface area contributed by atoms with Crippen molar-refractivity contribution in [3.8, 4) is 0 Å². The van der Waals surface area contributed by atoms with Crippen LogP contribution in [0.15, 0.2) is 30.3 Å². The van der Waals surface area contributed by atoms with Crippen LogP contribution in [0, 0.1) is 0 Å². The van der Waals surface area contributed by atoms with Crippen LogP contribution >= 0.6 is 0 Å². The van der Waals surface area contributed by atoms with E-state index in [9.17, 15) is 5.11 Å². The molecular weight excluding hydrogens is 222 g/mol. The van der Waals surface area contributed by atoms with E-state index in [0.29, 0.717) is 6.04 Å². The molecule has 0 bridgehead atoms. The van der Waals surface area contributed by atoms with Crippen molar-refractivity contribution in [1.29, 1.82) is 0 Å². The standard InChI is InChI=1S/C16H25NO/c1-17(15-11-5-6-12-16(15)18)13-7-10-14-8-3-2-4-9-14/h2-4,8-9,15-16,18H,5-7,10-13H2,1H3/t15-,16-/m1/s1. The third-order valence-corrected chi connectivity index (χ3v) is 4.08. The van der Waals surface area contributed by atoms with E-state index in [1.54, 1.807) is 0 Å². The average Bonchev–Trinajstić information content (AvgIpc) is 2.40. The van der Waals surface area contributed by atoms with Gasteiger partial charge in [0.1, 0.15) is 0 Å². The molecule has 1 aromatic carbocycles. The van der Waals surface area contributed by atoms with Gasteiger partial charge < -0.3 is 10.0 Å². The van der Waals surface area contributed by atoms with Gasteiger partial charge in [0, 0.05) is 6.04 Å². The third kappa shape index (κ3) is 3.82. The molecule has 0 unspecified atom stereocenters. The fourth-order valence-corrected chi connectivity index (χ4v) is 2.95. The van der Waals surface area contributed by atoms with Crippen LogP contribution in [0.5, 0.6) is 0 Å². The molecule has 0 radical (unpaired) electrons. The van der Waals surface area contributed by atoms with Crippen molar-refractivity contribution in [2.45, 2.75) is 50.7 Å². The number of likely N-dealkylation sites (N-methyl/N-ethyl adjacent to an activating group) is 1. The van der Waals surface area contributed by atoms with E-state index in [0.717, 1.165) is 25.8 Å². The van der Waals surface area contributed by atoms with Crippen molar-refractivity contribution in [2.75, 3.05) is 13.6 Å². The Kier molecular flexibility index (Phi) is 5.21. The molecule has 0 aromatic heterocycles. The Morgan fingerprint density at radius 3 is 2.61 bits per heavy atom. The zero-order chi connectivity index (χ0) is 12.8. The summed E-state index contributed by atoms with van der Waals surface area (Å²) in [7, 11) is 2.16. The summed E-state index contributed by atoms with van der Waals surface area (Å²) in [6.07, 6.45) is 6.79. The summed E-state index contributed by atoms with van der Waals surface area (Å²) in [5.41, 5.74) is 1.41. The van der Waals surface area contributed by atoms with Gasteiger partial charge in [0.15, 0.2) is 0 Å². The third-order valence-electron chi connectivity index (χ3n) is 4.08. The molecule has 1 N–H and O–H groups in total. The molecule has 0 spiro atoms. The predicted molar refractivity (Wildman–Crippen MR) is 75.7 cm³/mol.